The third kappa shape index (κ3) is 2.93. The van der Waals surface area contributed by atoms with E-state index in [2.05, 4.69) is 16.9 Å². The summed E-state index contributed by atoms with van der Waals surface area (Å²) in [5, 5.41) is 9.43. The zero-order valence-corrected chi connectivity index (χ0v) is 13.1. The number of rotatable bonds is 4. The fraction of sp³-hybridized carbons (Fsp3) is 0.625. The van der Waals surface area contributed by atoms with Gasteiger partial charge < -0.3 is 24.9 Å². The summed E-state index contributed by atoms with van der Waals surface area (Å²) in [6, 6.07) is 10.7. The molecule has 3 heterocycles. The molecule has 5 atom stereocenters. The summed E-state index contributed by atoms with van der Waals surface area (Å²) in [7, 11) is -0.388. The average Bonchev–Trinajstić information content (AvgIpc) is 3.25. The lowest BCUT2D eigenvalue weighted by Gasteiger charge is -2.23. The number of aliphatic hydroxyl groups excluding tert-OH is 1. The van der Waals surface area contributed by atoms with Crippen LogP contribution in [0.15, 0.2) is 30.3 Å². The van der Waals surface area contributed by atoms with E-state index in [1.807, 2.05) is 18.2 Å². The van der Waals surface area contributed by atoms with Crippen molar-refractivity contribution in [1.29, 1.82) is 0 Å². The number of aliphatic hydroxyl groups is 1. The second-order valence-electron chi connectivity index (χ2n) is 6.53. The van der Waals surface area contributed by atoms with E-state index in [4.69, 9.17) is 19.8 Å². The molecule has 124 valence electrons. The van der Waals surface area contributed by atoms with Gasteiger partial charge in [0.15, 0.2) is 0 Å². The second-order valence-corrected chi connectivity index (χ2v) is 6.53. The molecule has 0 saturated carbocycles. The molecular weight excluding hydrogens is 295 g/mol. The Morgan fingerprint density at radius 2 is 2.17 bits per heavy atom. The predicted octanol–water partition coefficient (Wildman–Crippen LogP) is 0.658. The van der Waals surface area contributed by atoms with Crippen LogP contribution in [0.4, 0.5) is 0 Å². The summed E-state index contributed by atoms with van der Waals surface area (Å²) in [5.41, 5.74) is 7.01. The maximum atomic E-state index is 9.43. The maximum absolute atomic E-state index is 9.43. The SMILES string of the molecule is NC1C[C@@H](OB2OC(c3ccccc3)C3CCCN23)C(CO)O1. The third-order valence-electron chi connectivity index (χ3n) is 5.05. The first-order valence-electron chi connectivity index (χ1n) is 8.40. The summed E-state index contributed by atoms with van der Waals surface area (Å²) < 4.78 is 17.9. The minimum Gasteiger partial charge on any atom is -0.394 e. The standard InChI is InChI=1S/C16H23BN2O4/c18-15-9-13(14(10-20)21-15)22-17-19-8-4-7-12(19)16(23-17)11-5-2-1-3-6-11/h1-3,5-6,12-16,20H,4,7-10,18H2/t12?,13-,14?,15?,16?/m1/s1. The van der Waals surface area contributed by atoms with Crippen molar-refractivity contribution < 1.29 is 19.2 Å². The van der Waals surface area contributed by atoms with Crippen molar-refractivity contribution in [2.24, 2.45) is 5.73 Å². The van der Waals surface area contributed by atoms with Crippen molar-refractivity contribution in [3.8, 4) is 0 Å². The normalized spacial score (nSPS) is 37.5. The van der Waals surface area contributed by atoms with Crippen LogP contribution < -0.4 is 5.73 Å². The van der Waals surface area contributed by atoms with Gasteiger partial charge in [-0.05, 0) is 24.9 Å². The molecule has 0 bridgehead atoms. The Morgan fingerprint density at radius 1 is 1.35 bits per heavy atom. The van der Waals surface area contributed by atoms with Gasteiger partial charge in [0.25, 0.3) is 0 Å². The Morgan fingerprint density at radius 3 is 2.96 bits per heavy atom. The van der Waals surface area contributed by atoms with Crippen LogP contribution >= 0.6 is 0 Å². The lowest BCUT2D eigenvalue weighted by atomic mass is 10.0. The van der Waals surface area contributed by atoms with Crippen molar-refractivity contribution in [2.75, 3.05) is 13.2 Å². The Kier molecular flexibility index (Phi) is 4.40. The Hall–Kier alpha value is -0.955. The number of hydrogen-bond donors (Lipinski definition) is 2. The second kappa shape index (κ2) is 6.51. The third-order valence-corrected chi connectivity index (χ3v) is 5.05. The molecule has 0 spiro atoms. The molecule has 3 saturated heterocycles. The van der Waals surface area contributed by atoms with Crippen LogP contribution in [-0.4, -0.2) is 54.8 Å². The maximum Gasteiger partial charge on any atom is 0.558 e. The van der Waals surface area contributed by atoms with Crippen molar-refractivity contribution in [2.45, 2.75) is 49.8 Å². The molecule has 0 aromatic heterocycles. The lowest BCUT2D eigenvalue weighted by Crippen LogP contribution is -2.43. The van der Waals surface area contributed by atoms with Crippen LogP contribution in [0, 0.1) is 0 Å². The van der Waals surface area contributed by atoms with Gasteiger partial charge in [-0.1, -0.05) is 30.3 Å². The molecule has 0 aliphatic carbocycles. The van der Waals surface area contributed by atoms with E-state index in [1.165, 1.54) is 5.56 Å². The van der Waals surface area contributed by atoms with E-state index < -0.39 is 0 Å². The van der Waals surface area contributed by atoms with Gasteiger partial charge in [-0.15, -0.1) is 0 Å². The van der Waals surface area contributed by atoms with Gasteiger partial charge in [0.2, 0.25) is 0 Å². The quantitative estimate of drug-likeness (QED) is 0.794. The van der Waals surface area contributed by atoms with Crippen LogP contribution in [-0.2, 0) is 14.0 Å². The van der Waals surface area contributed by atoms with Gasteiger partial charge in [0.1, 0.15) is 12.3 Å². The van der Waals surface area contributed by atoms with E-state index in [9.17, 15) is 5.11 Å². The van der Waals surface area contributed by atoms with Gasteiger partial charge >= 0.3 is 7.25 Å². The van der Waals surface area contributed by atoms with Gasteiger partial charge in [0.05, 0.1) is 18.8 Å². The molecule has 1 aromatic rings. The van der Waals surface area contributed by atoms with Crippen LogP contribution in [0.5, 0.6) is 0 Å². The predicted molar refractivity (Wildman–Crippen MR) is 85.2 cm³/mol. The topological polar surface area (TPSA) is 77.2 Å². The zero-order valence-electron chi connectivity index (χ0n) is 13.1. The largest absolute Gasteiger partial charge is 0.558 e. The molecular formula is C16H23BN2O4. The molecule has 4 rings (SSSR count). The summed E-state index contributed by atoms with van der Waals surface area (Å²) in [5.74, 6) is 0. The zero-order chi connectivity index (χ0) is 15.8. The fourth-order valence-corrected chi connectivity index (χ4v) is 3.95. The Bertz CT molecular complexity index is 534. The number of ether oxygens (including phenoxy) is 1. The van der Waals surface area contributed by atoms with Crippen LogP contribution in [0.3, 0.4) is 0 Å². The molecule has 3 aliphatic rings. The molecule has 0 radical (unpaired) electrons. The van der Waals surface area contributed by atoms with Crippen molar-refractivity contribution in [3.05, 3.63) is 35.9 Å². The minimum absolute atomic E-state index is 0.0345. The molecule has 6 nitrogen and oxygen atoms in total. The number of nitrogens with two attached hydrogens (primary N) is 1. The molecule has 23 heavy (non-hydrogen) atoms. The smallest absolute Gasteiger partial charge is 0.394 e. The first kappa shape index (κ1) is 15.6. The Labute approximate surface area is 136 Å². The molecule has 0 amide bonds. The summed E-state index contributed by atoms with van der Waals surface area (Å²) in [4.78, 5) is 2.29. The molecule has 7 heteroatoms. The van der Waals surface area contributed by atoms with E-state index in [-0.39, 0.29) is 38.4 Å². The number of hydrogen-bond acceptors (Lipinski definition) is 6. The van der Waals surface area contributed by atoms with Crippen molar-refractivity contribution in [1.82, 2.24) is 4.81 Å². The molecule has 1 aromatic carbocycles. The van der Waals surface area contributed by atoms with E-state index >= 15 is 0 Å². The Balaban J connectivity index is 1.49. The fourth-order valence-electron chi connectivity index (χ4n) is 3.95. The highest BCUT2D eigenvalue weighted by Gasteiger charge is 2.52. The van der Waals surface area contributed by atoms with Crippen molar-refractivity contribution >= 4 is 7.25 Å². The minimum atomic E-state index is -0.388. The average molecular weight is 318 g/mol. The molecule has 3 fully saturated rings. The van der Waals surface area contributed by atoms with Gasteiger partial charge in [-0.25, -0.2) is 0 Å². The highest BCUT2D eigenvalue weighted by molar-refractivity contribution is 6.42. The lowest BCUT2D eigenvalue weighted by molar-refractivity contribution is -0.0218. The summed E-state index contributed by atoms with van der Waals surface area (Å²) >= 11 is 0. The summed E-state index contributed by atoms with van der Waals surface area (Å²) in [6.07, 6.45) is 1.91. The van der Waals surface area contributed by atoms with Crippen LogP contribution in [0.2, 0.25) is 0 Å². The molecule has 3 aliphatic heterocycles. The van der Waals surface area contributed by atoms with Crippen LogP contribution in [0.1, 0.15) is 30.9 Å². The van der Waals surface area contributed by atoms with Crippen LogP contribution in [0.25, 0.3) is 0 Å². The van der Waals surface area contributed by atoms with Crippen molar-refractivity contribution in [3.63, 3.8) is 0 Å². The van der Waals surface area contributed by atoms with Gasteiger partial charge in [-0.2, -0.15) is 0 Å². The first-order valence-corrected chi connectivity index (χ1v) is 8.40. The van der Waals surface area contributed by atoms with Gasteiger partial charge in [0, 0.05) is 12.5 Å². The summed E-state index contributed by atoms with van der Waals surface area (Å²) in [6.45, 7) is 0.888. The first-order chi connectivity index (χ1) is 11.3. The highest BCUT2D eigenvalue weighted by atomic mass is 16.6. The van der Waals surface area contributed by atoms with E-state index in [0.29, 0.717) is 12.5 Å². The monoisotopic (exact) mass is 318 g/mol. The molecule has 3 N–H and O–H groups in total. The van der Waals surface area contributed by atoms with Gasteiger partial charge in [-0.3, -0.25) is 4.81 Å². The highest BCUT2D eigenvalue weighted by Crippen LogP contribution is 2.40. The number of nitrogens with zero attached hydrogens (tertiary/aromatic N) is 1. The van der Waals surface area contributed by atoms with E-state index in [0.717, 1.165) is 19.4 Å². The van der Waals surface area contributed by atoms with E-state index in [1.54, 1.807) is 0 Å². The number of benzene rings is 1. The number of fused-ring (bicyclic) bond motifs is 1. The molecule has 4 unspecified atom stereocenters.